The van der Waals surface area contributed by atoms with Gasteiger partial charge in [0.05, 0.1) is 10.0 Å². The third-order valence-corrected chi connectivity index (χ3v) is 7.72. The molecule has 0 atom stereocenters. The first kappa shape index (κ1) is 22.4. The van der Waals surface area contributed by atoms with Gasteiger partial charge in [0.1, 0.15) is 0 Å². The zero-order valence-corrected chi connectivity index (χ0v) is 18.2. The number of halogens is 2. The van der Waals surface area contributed by atoms with Gasteiger partial charge in [-0.05, 0) is 30.5 Å². The number of carbonyl (C=O) groups is 1. The largest absolute Gasteiger partial charge is 0.340 e. The molecule has 0 saturated carbocycles. The number of carbonyl (C=O) groups excluding carboxylic acids is 1. The molecule has 0 bridgehead atoms. The second kappa shape index (κ2) is 10.1. The number of amides is 1. The highest BCUT2D eigenvalue weighted by molar-refractivity contribution is 7.86. The van der Waals surface area contributed by atoms with Crippen molar-refractivity contribution in [1.29, 1.82) is 0 Å². The fraction of sp³-hybridized carbons (Fsp3) is 0.611. The number of piperazine rings is 1. The average molecular weight is 436 g/mol. The first-order valence-corrected chi connectivity index (χ1v) is 11.4. The van der Waals surface area contributed by atoms with E-state index in [-0.39, 0.29) is 5.91 Å². The summed E-state index contributed by atoms with van der Waals surface area (Å²) >= 11 is 11.9. The monoisotopic (exact) mass is 435 g/mol. The summed E-state index contributed by atoms with van der Waals surface area (Å²) in [4.78, 5) is 14.2. The second-order valence-electron chi connectivity index (χ2n) is 6.47. The van der Waals surface area contributed by atoms with Gasteiger partial charge >= 0.3 is 0 Å². The summed E-state index contributed by atoms with van der Waals surface area (Å²) in [5.41, 5.74) is 1.05. The lowest BCUT2D eigenvalue weighted by molar-refractivity contribution is -0.132. The molecular formula is C18H27Cl2N3O3S. The van der Waals surface area contributed by atoms with Crippen molar-refractivity contribution in [2.45, 2.75) is 33.1 Å². The van der Waals surface area contributed by atoms with Gasteiger partial charge < -0.3 is 4.90 Å². The molecule has 0 unspecified atom stereocenters. The fourth-order valence-corrected chi connectivity index (χ4v) is 5.10. The van der Waals surface area contributed by atoms with Gasteiger partial charge in [-0.25, -0.2) is 0 Å². The van der Waals surface area contributed by atoms with Crippen molar-refractivity contribution in [3.05, 3.63) is 33.8 Å². The molecule has 27 heavy (non-hydrogen) atoms. The molecule has 0 radical (unpaired) electrons. The van der Waals surface area contributed by atoms with Crippen molar-refractivity contribution in [3.8, 4) is 0 Å². The van der Waals surface area contributed by atoms with E-state index >= 15 is 0 Å². The Hall–Kier alpha value is -0.860. The number of benzene rings is 1. The molecule has 1 fully saturated rings. The summed E-state index contributed by atoms with van der Waals surface area (Å²) in [6.45, 7) is 6.12. The minimum absolute atomic E-state index is 0.0648. The van der Waals surface area contributed by atoms with Crippen LogP contribution >= 0.6 is 23.2 Å². The summed E-state index contributed by atoms with van der Waals surface area (Å²) in [7, 11) is -3.43. The number of nitrogens with zero attached hydrogens (tertiary/aromatic N) is 3. The molecule has 6 nitrogen and oxygen atoms in total. The quantitative estimate of drug-likeness (QED) is 0.630. The molecule has 0 aromatic heterocycles. The molecule has 1 aliphatic heterocycles. The maximum atomic E-state index is 12.5. The van der Waals surface area contributed by atoms with Crippen molar-refractivity contribution in [2.75, 3.05) is 39.3 Å². The highest BCUT2D eigenvalue weighted by Gasteiger charge is 2.31. The van der Waals surface area contributed by atoms with Crippen molar-refractivity contribution in [1.82, 2.24) is 13.5 Å². The number of aryl methyl sites for hydroxylation is 1. The van der Waals surface area contributed by atoms with E-state index in [2.05, 4.69) is 0 Å². The summed E-state index contributed by atoms with van der Waals surface area (Å²) in [6.07, 6.45) is 1.90. The van der Waals surface area contributed by atoms with Gasteiger partial charge in [0.25, 0.3) is 10.2 Å². The molecule has 152 valence electrons. The molecule has 1 aromatic carbocycles. The van der Waals surface area contributed by atoms with Crippen LogP contribution in [0.4, 0.5) is 0 Å². The number of hydrogen-bond acceptors (Lipinski definition) is 3. The lowest BCUT2D eigenvalue weighted by atomic mass is 10.1. The Labute approximate surface area is 172 Å². The Bertz CT molecular complexity index is 746. The minimum Gasteiger partial charge on any atom is -0.340 e. The molecule has 0 spiro atoms. The van der Waals surface area contributed by atoms with E-state index < -0.39 is 10.2 Å². The summed E-state index contributed by atoms with van der Waals surface area (Å²) in [5, 5.41) is 1.04. The SMILES string of the molecule is CCN(CC)S(=O)(=O)N1CCN(C(=O)CCCc2ccc(Cl)c(Cl)c2)CC1. The van der Waals surface area contributed by atoms with Crippen LogP contribution in [0.3, 0.4) is 0 Å². The molecule has 1 aliphatic rings. The molecule has 9 heteroatoms. The summed E-state index contributed by atoms with van der Waals surface area (Å²) in [6, 6.07) is 5.50. The number of rotatable bonds is 8. The first-order valence-electron chi connectivity index (χ1n) is 9.26. The van der Waals surface area contributed by atoms with Gasteiger partial charge in [-0.1, -0.05) is 43.1 Å². The molecule has 1 saturated heterocycles. The smallest absolute Gasteiger partial charge is 0.282 e. The number of hydrogen-bond donors (Lipinski definition) is 0. The Balaban J connectivity index is 1.80. The Morgan fingerprint density at radius 3 is 2.26 bits per heavy atom. The van der Waals surface area contributed by atoms with E-state index in [9.17, 15) is 13.2 Å². The van der Waals surface area contributed by atoms with Gasteiger partial charge in [-0.2, -0.15) is 17.0 Å². The van der Waals surface area contributed by atoms with E-state index in [0.717, 1.165) is 18.4 Å². The van der Waals surface area contributed by atoms with Crippen LogP contribution in [0.1, 0.15) is 32.3 Å². The van der Waals surface area contributed by atoms with Crippen LogP contribution in [0.5, 0.6) is 0 Å². The lowest BCUT2D eigenvalue weighted by Crippen LogP contribution is -2.54. The molecule has 0 aliphatic carbocycles. The van der Waals surface area contributed by atoms with Gasteiger partial charge in [0, 0.05) is 45.7 Å². The zero-order valence-electron chi connectivity index (χ0n) is 15.8. The normalized spacial score (nSPS) is 16.1. The third kappa shape index (κ3) is 5.81. The Kier molecular flexibility index (Phi) is 8.37. The van der Waals surface area contributed by atoms with Crippen LogP contribution in [0.25, 0.3) is 0 Å². The van der Waals surface area contributed by atoms with E-state index in [1.54, 1.807) is 11.0 Å². The first-order chi connectivity index (χ1) is 12.8. The molecule has 1 amide bonds. The summed E-state index contributed by atoms with van der Waals surface area (Å²) in [5.74, 6) is 0.0648. The maximum absolute atomic E-state index is 12.5. The van der Waals surface area contributed by atoms with Gasteiger partial charge in [-0.15, -0.1) is 0 Å². The molecular weight excluding hydrogens is 409 g/mol. The third-order valence-electron chi connectivity index (χ3n) is 4.79. The van der Waals surface area contributed by atoms with Crippen LogP contribution in [0, 0.1) is 0 Å². The predicted molar refractivity (Wildman–Crippen MR) is 109 cm³/mol. The molecule has 1 heterocycles. The second-order valence-corrected chi connectivity index (χ2v) is 9.22. The van der Waals surface area contributed by atoms with E-state index in [1.165, 1.54) is 8.61 Å². The van der Waals surface area contributed by atoms with Crippen molar-refractivity contribution < 1.29 is 13.2 Å². The minimum atomic E-state index is -3.43. The Morgan fingerprint density at radius 1 is 1.07 bits per heavy atom. The van der Waals surface area contributed by atoms with Crippen LogP contribution < -0.4 is 0 Å². The van der Waals surface area contributed by atoms with Crippen LogP contribution in [0.2, 0.25) is 10.0 Å². The average Bonchev–Trinajstić information content (AvgIpc) is 2.65. The Morgan fingerprint density at radius 2 is 1.70 bits per heavy atom. The summed E-state index contributed by atoms with van der Waals surface area (Å²) < 4.78 is 28.0. The zero-order chi connectivity index (χ0) is 20.0. The van der Waals surface area contributed by atoms with E-state index in [1.807, 2.05) is 26.0 Å². The fourth-order valence-electron chi connectivity index (χ4n) is 3.18. The van der Waals surface area contributed by atoms with Gasteiger partial charge in [0.15, 0.2) is 0 Å². The van der Waals surface area contributed by atoms with Crippen molar-refractivity contribution in [3.63, 3.8) is 0 Å². The van der Waals surface area contributed by atoms with E-state index in [4.69, 9.17) is 23.2 Å². The highest BCUT2D eigenvalue weighted by Crippen LogP contribution is 2.23. The molecule has 0 N–H and O–H groups in total. The topological polar surface area (TPSA) is 60.9 Å². The predicted octanol–water partition coefficient (Wildman–Crippen LogP) is 3.05. The van der Waals surface area contributed by atoms with Gasteiger partial charge in [-0.3, -0.25) is 4.79 Å². The van der Waals surface area contributed by atoms with Crippen LogP contribution in [-0.4, -0.2) is 67.1 Å². The van der Waals surface area contributed by atoms with E-state index in [0.29, 0.717) is 55.7 Å². The van der Waals surface area contributed by atoms with Crippen LogP contribution in [0.15, 0.2) is 18.2 Å². The van der Waals surface area contributed by atoms with Crippen molar-refractivity contribution >= 4 is 39.3 Å². The lowest BCUT2D eigenvalue weighted by Gasteiger charge is -2.36. The molecule has 1 aromatic rings. The highest BCUT2D eigenvalue weighted by atomic mass is 35.5. The van der Waals surface area contributed by atoms with Gasteiger partial charge in [0.2, 0.25) is 5.91 Å². The standard InChI is InChI=1S/C18H27Cl2N3O3S/c1-3-22(4-2)27(25,26)23-12-10-21(11-13-23)18(24)7-5-6-15-8-9-16(19)17(20)14-15/h8-9,14H,3-7,10-13H2,1-2H3. The molecule has 2 rings (SSSR count). The maximum Gasteiger partial charge on any atom is 0.282 e. The van der Waals surface area contributed by atoms with Crippen molar-refractivity contribution in [2.24, 2.45) is 0 Å². The van der Waals surface area contributed by atoms with Crippen LogP contribution in [-0.2, 0) is 21.4 Å².